The van der Waals surface area contributed by atoms with Crippen LogP contribution in [0.2, 0.25) is 0 Å². The summed E-state index contributed by atoms with van der Waals surface area (Å²) >= 11 is 0. The second-order valence-corrected chi connectivity index (χ2v) is 4.31. The van der Waals surface area contributed by atoms with E-state index in [4.69, 9.17) is 10.8 Å². The van der Waals surface area contributed by atoms with Crippen molar-refractivity contribution < 1.29 is 9.90 Å². The molecule has 0 aliphatic heterocycles. The van der Waals surface area contributed by atoms with E-state index in [1.165, 1.54) is 0 Å². The van der Waals surface area contributed by atoms with E-state index in [0.29, 0.717) is 25.3 Å². The highest BCUT2D eigenvalue weighted by Crippen LogP contribution is 2.05. The van der Waals surface area contributed by atoms with Gasteiger partial charge in [0.15, 0.2) is 0 Å². The van der Waals surface area contributed by atoms with Gasteiger partial charge in [0, 0.05) is 24.8 Å². The fourth-order valence-corrected chi connectivity index (χ4v) is 1.69. The van der Waals surface area contributed by atoms with E-state index in [1.54, 1.807) is 23.2 Å². The van der Waals surface area contributed by atoms with Crippen LogP contribution in [0.5, 0.6) is 0 Å². The lowest BCUT2D eigenvalue weighted by Gasteiger charge is -2.21. The van der Waals surface area contributed by atoms with Crippen LogP contribution in [-0.2, 0) is 0 Å². The van der Waals surface area contributed by atoms with Crippen LogP contribution < -0.4 is 5.73 Å². The molecule has 0 unspecified atom stereocenters. The van der Waals surface area contributed by atoms with Crippen LogP contribution in [0.1, 0.15) is 35.8 Å². The van der Waals surface area contributed by atoms with Gasteiger partial charge in [-0.3, -0.25) is 4.79 Å². The van der Waals surface area contributed by atoms with Gasteiger partial charge in [-0.25, -0.2) is 4.98 Å². The smallest absolute Gasteiger partial charge is 0.272 e. The van der Waals surface area contributed by atoms with E-state index >= 15 is 0 Å². The zero-order chi connectivity index (χ0) is 14.8. The van der Waals surface area contributed by atoms with Gasteiger partial charge >= 0.3 is 0 Å². The highest BCUT2D eigenvalue weighted by molar-refractivity contribution is 5.92. The predicted molar refractivity (Wildman–Crippen MR) is 78.1 cm³/mol. The molecule has 1 heterocycles. The first-order valence-corrected chi connectivity index (χ1v) is 6.78. The summed E-state index contributed by atoms with van der Waals surface area (Å²) in [5, 5.41) is 9.03. The molecule has 1 aromatic heterocycles. The van der Waals surface area contributed by atoms with Crippen molar-refractivity contribution in [3.8, 4) is 11.8 Å². The zero-order valence-corrected chi connectivity index (χ0v) is 11.8. The number of hydrogen-bond donors (Lipinski definition) is 2. The Labute approximate surface area is 119 Å². The molecule has 0 spiro atoms. The molecule has 0 aliphatic carbocycles. The second kappa shape index (κ2) is 9.08. The minimum absolute atomic E-state index is 0.0461. The molecule has 1 amide bonds. The average molecular weight is 275 g/mol. The van der Waals surface area contributed by atoms with Gasteiger partial charge in [0.1, 0.15) is 5.69 Å². The Morgan fingerprint density at radius 3 is 2.80 bits per heavy atom. The Morgan fingerprint density at radius 1 is 1.45 bits per heavy atom. The Balaban J connectivity index is 2.77. The summed E-state index contributed by atoms with van der Waals surface area (Å²) in [6, 6.07) is 3.40. The normalized spacial score (nSPS) is 9.75. The zero-order valence-electron chi connectivity index (χ0n) is 11.8. The molecule has 0 atom stereocenters. The van der Waals surface area contributed by atoms with E-state index in [1.807, 2.05) is 0 Å². The second-order valence-electron chi connectivity index (χ2n) is 4.31. The maximum absolute atomic E-state index is 12.3. The lowest BCUT2D eigenvalue weighted by molar-refractivity contribution is 0.0713. The molecule has 0 bridgehead atoms. The fourth-order valence-electron chi connectivity index (χ4n) is 1.69. The number of hydrogen-bond acceptors (Lipinski definition) is 4. The molecule has 1 aromatic rings. The van der Waals surface area contributed by atoms with Crippen LogP contribution in [0.15, 0.2) is 18.3 Å². The quantitative estimate of drug-likeness (QED) is 0.746. The van der Waals surface area contributed by atoms with Crippen LogP contribution in [0.4, 0.5) is 0 Å². The highest BCUT2D eigenvalue weighted by atomic mass is 16.3. The lowest BCUT2D eigenvalue weighted by atomic mass is 10.2. The third-order valence-corrected chi connectivity index (χ3v) is 2.76. The van der Waals surface area contributed by atoms with Crippen molar-refractivity contribution in [1.29, 1.82) is 0 Å². The molecule has 20 heavy (non-hydrogen) atoms. The molecule has 0 saturated heterocycles. The summed E-state index contributed by atoms with van der Waals surface area (Å²) in [7, 11) is 0. The summed E-state index contributed by atoms with van der Waals surface area (Å²) in [5.41, 5.74) is 6.39. The SMILES string of the molecule is CCCCN(CCO)C(=O)c1ccc(C#CCN)cn1. The van der Waals surface area contributed by atoms with Gasteiger partial charge in [-0.05, 0) is 18.6 Å². The molecule has 3 N–H and O–H groups in total. The van der Waals surface area contributed by atoms with Gasteiger partial charge in [0.25, 0.3) is 5.91 Å². The van der Waals surface area contributed by atoms with Crippen molar-refractivity contribution >= 4 is 5.91 Å². The van der Waals surface area contributed by atoms with Crippen molar-refractivity contribution in [1.82, 2.24) is 9.88 Å². The maximum atomic E-state index is 12.3. The Hall–Kier alpha value is -1.90. The largest absolute Gasteiger partial charge is 0.395 e. The molecule has 0 fully saturated rings. The van der Waals surface area contributed by atoms with Crippen LogP contribution >= 0.6 is 0 Å². The number of unbranched alkanes of at least 4 members (excludes halogenated alkanes) is 1. The number of carbonyl (C=O) groups excluding carboxylic acids is 1. The molecule has 0 saturated carbocycles. The summed E-state index contributed by atoms with van der Waals surface area (Å²) in [4.78, 5) is 18.0. The van der Waals surface area contributed by atoms with Crippen molar-refractivity contribution in [2.24, 2.45) is 5.73 Å². The molecule has 0 aromatic carbocycles. The van der Waals surface area contributed by atoms with Gasteiger partial charge in [0.05, 0.1) is 13.2 Å². The van der Waals surface area contributed by atoms with E-state index in [0.717, 1.165) is 18.4 Å². The van der Waals surface area contributed by atoms with Crippen LogP contribution in [-0.4, -0.2) is 47.1 Å². The number of rotatable bonds is 6. The fraction of sp³-hybridized carbons (Fsp3) is 0.467. The number of aromatic nitrogens is 1. The van der Waals surface area contributed by atoms with E-state index in [-0.39, 0.29) is 12.5 Å². The van der Waals surface area contributed by atoms with Crippen molar-refractivity contribution in [2.45, 2.75) is 19.8 Å². The van der Waals surface area contributed by atoms with E-state index < -0.39 is 0 Å². The molecule has 0 aliphatic rings. The van der Waals surface area contributed by atoms with Crippen molar-refractivity contribution in [3.05, 3.63) is 29.6 Å². The Bertz CT molecular complexity index is 474. The molecule has 1 rings (SSSR count). The highest BCUT2D eigenvalue weighted by Gasteiger charge is 2.15. The lowest BCUT2D eigenvalue weighted by Crippen LogP contribution is -2.34. The van der Waals surface area contributed by atoms with Gasteiger partial charge < -0.3 is 15.7 Å². The Kier molecular flexibility index (Phi) is 7.33. The van der Waals surface area contributed by atoms with Gasteiger partial charge in [0.2, 0.25) is 0 Å². The minimum Gasteiger partial charge on any atom is -0.395 e. The first kappa shape index (κ1) is 16.2. The molecule has 0 radical (unpaired) electrons. The third-order valence-electron chi connectivity index (χ3n) is 2.76. The summed E-state index contributed by atoms with van der Waals surface area (Å²) in [6.45, 7) is 3.27. The number of amides is 1. The van der Waals surface area contributed by atoms with Crippen LogP contribution in [0.25, 0.3) is 0 Å². The summed E-state index contributed by atoms with van der Waals surface area (Å²) in [6.07, 6.45) is 3.47. The van der Waals surface area contributed by atoms with Gasteiger partial charge in [-0.1, -0.05) is 25.2 Å². The third kappa shape index (κ3) is 5.00. The molecule has 5 heteroatoms. The van der Waals surface area contributed by atoms with E-state index in [2.05, 4.69) is 23.7 Å². The molecular formula is C15H21N3O2. The summed E-state index contributed by atoms with van der Waals surface area (Å²) < 4.78 is 0. The van der Waals surface area contributed by atoms with Gasteiger partial charge in [-0.15, -0.1) is 0 Å². The monoisotopic (exact) mass is 275 g/mol. The first-order chi connectivity index (χ1) is 9.72. The van der Waals surface area contributed by atoms with Crippen LogP contribution in [0.3, 0.4) is 0 Å². The maximum Gasteiger partial charge on any atom is 0.272 e. The number of carbonyl (C=O) groups is 1. The standard InChI is InChI=1S/C15H21N3O2/c1-2-3-9-18(10-11-19)15(20)14-7-6-13(12-17-14)5-4-8-16/h6-7,12,19H,2-3,8-11,16H2,1H3. The minimum atomic E-state index is -0.161. The molecule has 108 valence electrons. The van der Waals surface area contributed by atoms with Crippen LogP contribution in [0, 0.1) is 11.8 Å². The number of aliphatic hydroxyl groups is 1. The van der Waals surface area contributed by atoms with Gasteiger partial charge in [-0.2, -0.15) is 0 Å². The summed E-state index contributed by atoms with van der Waals surface area (Å²) in [5.74, 6) is 5.43. The van der Waals surface area contributed by atoms with E-state index in [9.17, 15) is 4.79 Å². The topological polar surface area (TPSA) is 79.5 Å². The van der Waals surface area contributed by atoms with Crippen molar-refractivity contribution in [3.63, 3.8) is 0 Å². The molecule has 5 nitrogen and oxygen atoms in total. The number of nitrogens with two attached hydrogens (primary N) is 1. The average Bonchev–Trinajstić information content (AvgIpc) is 2.49. The number of pyridine rings is 1. The Morgan fingerprint density at radius 2 is 2.25 bits per heavy atom. The van der Waals surface area contributed by atoms with Crippen molar-refractivity contribution in [2.75, 3.05) is 26.2 Å². The number of aliphatic hydroxyl groups excluding tert-OH is 1. The number of nitrogens with zero attached hydrogens (tertiary/aromatic N) is 2. The molecular weight excluding hydrogens is 254 g/mol. The predicted octanol–water partition coefficient (Wildman–Crippen LogP) is 0.626. The first-order valence-electron chi connectivity index (χ1n) is 6.78.